The molecule has 2 aromatic rings. The molecule has 8 nitrogen and oxygen atoms in total. The van der Waals surface area contributed by atoms with Crippen LogP contribution in [0.15, 0.2) is 48.5 Å². The molecule has 2 fully saturated rings. The van der Waals surface area contributed by atoms with Crippen LogP contribution >= 0.6 is 0 Å². The minimum absolute atomic E-state index is 0.0179. The Morgan fingerprint density at radius 1 is 1.05 bits per heavy atom. The molecule has 0 saturated carbocycles. The molecule has 0 bridgehead atoms. The molecule has 216 valence electrons. The predicted molar refractivity (Wildman–Crippen MR) is 156 cm³/mol. The second-order valence-corrected chi connectivity index (χ2v) is 12.8. The maximum atomic E-state index is 13.5. The van der Waals surface area contributed by atoms with Crippen LogP contribution in [0.3, 0.4) is 0 Å². The van der Waals surface area contributed by atoms with Crippen molar-refractivity contribution in [1.29, 1.82) is 0 Å². The molecular formula is C31H43BN2O6. The van der Waals surface area contributed by atoms with Gasteiger partial charge in [-0.25, -0.2) is 4.79 Å². The zero-order chi connectivity index (χ0) is 29.3. The first-order valence-corrected chi connectivity index (χ1v) is 14.0. The summed E-state index contributed by atoms with van der Waals surface area (Å²) in [4.78, 5) is 29.5. The maximum Gasteiger partial charge on any atom is 0.494 e. The topological polar surface area (TPSA) is 77.5 Å². The average molecular weight is 551 g/mol. The second-order valence-electron chi connectivity index (χ2n) is 12.8. The third-order valence-electron chi connectivity index (χ3n) is 7.93. The molecule has 0 N–H and O–H groups in total. The molecule has 4 rings (SSSR count). The second kappa shape index (κ2) is 11.5. The highest BCUT2D eigenvalue weighted by Crippen LogP contribution is 2.37. The lowest BCUT2D eigenvalue weighted by Gasteiger charge is -2.32. The van der Waals surface area contributed by atoms with Crippen LogP contribution in [0.25, 0.3) is 0 Å². The first kappa shape index (κ1) is 29.9. The summed E-state index contributed by atoms with van der Waals surface area (Å²) in [5, 5.41) is 0. The minimum Gasteiger partial charge on any atom is -0.489 e. The summed E-state index contributed by atoms with van der Waals surface area (Å²) in [7, 11) is 1.19. The number of ether oxygens (including phenoxy) is 2. The van der Waals surface area contributed by atoms with Crippen molar-refractivity contribution in [3.8, 4) is 5.75 Å². The fourth-order valence-corrected chi connectivity index (χ4v) is 4.78. The predicted octanol–water partition coefficient (Wildman–Crippen LogP) is 4.58. The van der Waals surface area contributed by atoms with Crippen molar-refractivity contribution in [1.82, 2.24) is 9.80 Å². The van der Waals surface area contributed by atoms with E-state index < -0.39 is 23.9 Å². The van der Waals surface area contributed by atoms with Crippen LogP contribution in [0.4, 0.5) is 4.79 Å². The Balaban J connectivity index is 1.50. The van der Waals surface area contributed by atoms with Crippen LogP contribution in [-0.2, 0) is 31.9 Å². The van der Waals surface area contributed by atoms with E-state index in [1.54, 1.807) is 11.9 Å². The van der Waals surface area contributed by atoms with Gasteiger partial charge in [0, 0.05) is 25.7 Å². The summed E-state index contributed by atoms with van der Waals surface area (Å²) in [6.45, 7) is 15.1. The number of likely N-dealkylation sites (tertiary alicyclic amines) is 1. The summed E-state index contributed by atoms with van der Waals surface area (Å²) < 4.78 is 24.3. The number of amides is 2. The van der Waals surface area contributed by atoms with Gasteiger partial charge in [-0.3, -0.25) is 4.79 Å². The first-order chi connectivity index (χ1) is 18.6. The van der Waals surface area contributed by atoms with E-state index in [0.717, 1.165) is 16.6 Å². The number of benzene rings is 2. The van der Waals surface area contributed by atoms with Gasteiger partial charge in [-0.2, -0.15) is 0 Å². The number of carbonyl (C=O) groups is 2. The van der Waals surface area contributed by atoms with Gasteiger partial charge in [0.25, 0.3) is 0 Å². The third-order valence-corrected chi connectivity index (χ3v) is 7.93. The Hall–Kier alpha value is -3.04. The van der Waals surface area contributed by atoms with Gasteiger partial charge < -0.3 is 28.6 Å². The Morgan fingerprint density at radius 2 is 1.70 bits per heavy atom. The molecule has 0 aliphatic carbocycles. The van der Waals surface area contributed by atoms with Gasteiger partial charge in [-0.05, 0) is 72.0 Å². The van der Waals surface area contributed by atoms with Crippen LogP contribution in [0, 0.1) is 0 Å². The van der Waals surface area contributed by atoms with Crippen LogP contribution in [0.1, 0.15) is 66.0 Å². The lowest BCUT2D eigenvalue weighted by Crippen LogP contribution is -2.42. The van der Waals surface area contributed by atoms with E-state index in [9.17, 15) is 9.59 Å². The van der Waals surface area contributed by atoms with E-state index in [4.69, 9.17) is 18.8 Å². The normalized spacial score (nSPS) is 19.9. The highest BCUT2D eigenvalue weighted by Gasteiger charge is 2.51. The molecule has 0 unspecified atom stereocenters. The standard InChI is InChI=1S/C31H43BN2O6/c1-29(2,3)38-28(36)33(8)25-16-17-34(20-25)27(35)19-23-18-24(32-39-30(4,5)31(6,7)40-32)14-15-26(23)37-21-22-12-10-9-11-13-22/h9-15,18,25H,16-17,19-21H2,1-8H3/t25-/m1/s1. The molecule has 2 heterocycles. The molecule has 2 aliphatic heterocycles. The van der Waals surface area contributed by atoms with Crippen molar-refractivity contribution in [3.05, 3.63) is 59.7 Å². The molecule has 0 spiro atoms. The van der Waals surface area contributed by atoms with Gasteiger partial charge >= 0.3 is 13.2 Å². The van der Waals surface area contributed by atoms with Gasteiger partial charge in [-0.1, -0.05) is 42.5 Å². The largest absolute Gasteiger partial charge is 0.494 e. The lowest BCUT2D eigenvalue weighted by molar-refractivity contribution is -0.129. The molecule has 0 aromatic heterocycles. The van der Waals surface area contributed by atoms with E-state index in [0.29, 0.717) is 31.9 Å². The monoisotopic (exact) mass is 550 g/mol. The van der Waals surface area contributed by atoms with Gasteiger partial charge in [0.2, 0.25) is 5.91 Å². The molecule has 2 aliphatic rings. The summed E-state index contributed by atoms with van der Waals surface area (Å²) in [5.41, 5.74) is 1.15. The summed E-state index contributed by atoms with van der Waals surface area (Å²) >= 11 is 0. The summed E-state index contributed by atoms with van der Waals surface area (Å²) in [6, 6.07) is 15.6. The quantitative estimate of drug-likeness (QED) is 0.470. The minimum atomic E-state index is -0.572. The molecule has 2 aromatic carbocycles. The Morgan fingerprint density at radius 3 is 2.33 bits per heavy atom. The van der Waals surface area contributed by atoms with Crippen molar-refractivity contribution < 1.29 is 28.4 Å². The SMILES string of the molecule is CN(C(=O)OC(C)(C)C)[C@@H]1CCN(C(=O)Cc2cc(B3OC(C)(C)C(C)(C)O3)ccc2OCc2ccccc2)C1. The highest BCUT2D eigenvalue weighted by molar-refractivity contribution is 6.62. The molecule has 2 amide bonds. The molecule has 0 radical (unpaired) electrons. The van der Waals surface area contributed by atoms with Crippen molar-refractivity contribution >= 4 is 24.6 Å². The van der Waals surface area contributed by atoms with Gasteiger partial charge in [0.05, 0.1) is 23.7 Å². The molecule has 40 heavy (non-hydrogen) atoms. The van der Waals surface area contributed by atoms with Crippen LogP contribution in [-0.4, -0.2) is 71.9 Å². The smallest absolute Gasteiger partial charge is 0.489 e. The van der Waals surface area contributed by atoms with E-state index in [2.05, 4.69) is 0 Å². The fraction of sp³-hybridized carbons (Fsp3) is 0.548. The average Bonchev–Trinajstić information content (AvgIpc) is 3.44. The maximum absolute atomic E-state index is 13.5. The van der Waals surface area contributed by atoms with Crippen molar-refractivity contribution in [2.45, 2.75) is 90.8 Å². The van der Waals surface area contributed by atoms with Crippen LogP contribution in [0.2, 0.25) is 0 Å². The number of hydrogen-bond donors (Lipinski definition) is 0. The molecular weight excluding hydrogens is 507 g/mol. The zero-order valence-electron chi connectivity index (χ0n) is 25.2. The molecule has 1 atom stereocenters. The van der Waals surface area contributed by atoms with E-state index in [1.807, 2.05) is 102 Å². The third kappa shape index (κ3) is 6.99. The van der Waals surface area contributed by atoms with E-state index >= 15 is 0 Å². The van der Waals surface area contributed by atoms with Crippen molar-refractivity contribution in [3.63, 3.8) is 0 Å². The summed E-state index contributed by atoms with van der Waals surface area (Å²) in [5.74, 6) is 0.634. The van der Waals surface area contributed by atoms with Crippen LogP contribution in [0.5, 0.6) is 5.75 Å². The zero-order valence-corrected chi connectivity index (χ0v) is 25.2. The Labute approximate surface area is 239 Å². The van der Waals surface area contributed by atoms with E-state index in [-0.39, 0.29) is 24.5 Å². The van der Waals surface area contributed by atoms with E-state index in [1.165, 1.54) is 0 Å². The number of carbonyl (C=O) groups excluding carboxylic acids is 2. The Kier molecular flexibility index (Phi) is 8.57. The Bertz CT molecular complexity index is 1190. The van der Waals surface area contributed by atoms with Gasteiger partial charge in [-0.15, -0.1) is 0 Å². The van der Waals surface area contributed by atoms with Crippen molar-refractivity contribution in [2.75, 3.05) is 20.1 Å². The summed E-state index contributed by atoms with van der Waals surface area (Å²) in [6.07, 6.45) is 0.492. The molecule has 2 saturated heterocycles. The number of likely N-dealkylation sites (N-methyl/N-ethyl adjacent to an activating group) is 1. The molecule has 9 heteroatoms. The lowest BCUT2D eigenvalue weighted by atomic mass is 9.78. The van der Waals surface area contributed by atoms with Gasteiger partial charge in [0.15, 0.2) is 0 Å². The van der Waals surface area contributed by atoms with Gasteiger partial charge in [0.1, 0.15) is 18.0 Å². The highest BCUT2D eigenvalue weighted by atomic mass is 16.7. The fourth-order valence-electron chi connectivity index (χ4n) is 4.78. The number of hydrogen-bond acceptors (Lipinski definition) is 6. The van der Waals surface area contributed by atoms with Crippen molar-refractivity contribution in [2.24, 2.45) is 0 Å². The number of rotatable bonds is 7. The first-order valence-electron chi connectivity index (χ1n) is 14.0. The van der Waals surface area contributed by atoms with Crippen LogP contribution < -0.4 is 10.2 Å². The number of nitrogens with zero attached hydrogens (tertiary/aromatic N) is 2.